The molecule has 67 heavy (non-hydrogen) atoms. The van der Waals surface area contributed by atoms with Gasteiger partial charge >= 0.3 is 0 Å². The summed E-state index contributed by atoms with van der Waals surface area (Å²) in [4.78, 5) is 10.3. The van der Waals surface area contributed by atoms with Gasteiger partial charge in [-0.1, -0.05) is 200 Å². The van der Waals surface area contributed by atoms with Crippen molar-refractivity contribution in [2.75, 3.05) is 0 Å². The van der Waals surface area contributed by atoms with Crippen LogP contribution in [0.25, 0.3) is 143 Å². The largest absolute Gasteiger partial charge is 0.456 e. The van der Waals surface area contributed by atoms with Crippen molar-refractivity contribution >= 4 is 75.6 Å². The highest BCUT2D eigenvalue weighted by Gasteiger charge is 2.19. The summed E-state index contributed by atoms with van der Waals surface area (Å²) < 4.78 is 6.37. The van der Waals surface area contributed by atoms with Gasteiger partial charge in [0.05, 0.1) is 11.4 Å². The fraction of sp³-hybridized carbons (Fsp3) is 0. The normalized spacial score (nSPS) is 11.9. The van der Waals surface area contributed by atoms with E-state index < -0.39 is 0 Å². The first-order chi connectivity index (χ1) is 33.2. The zero-order valence-corrected chi connectivity index (χ0v) is 36.2. The molecule has 3 heteroatoms. The highest BCUT2D eigenvalue weighted by atomic mass is 16.3. The Bertz CT molecular complexity index is 4210. The molecule has 12 aromatic carbocycles. The van der Waals surface area contributed by atoms with E-state index in [1.54, 1.807) is 0 Å². The first kappa shape index (κ1) is 37.5. The smallest absolute Gasteiger partial charge is 0.160 e. The number of rotatable bonds is 6. The van der Waals surface area contributed by atoms with Crippen LogP contribution in [0, 0.1) is 0 Å². The standard InChI is InChI=1S/C64H38N2O/c1-2-11-46(12-3-1)64-65-56(38-57(66-64)50-17-5-6-18-51(50)59-37-47-13-4-7-22-58(47)67-59)42-29-27-40(28-30-42)39-23-25-41(26-24-39)49-35-48-34-33-45-15-9-20-53-52-19-8-14-43-31-32-44-16-10-21-54(62(44)60(43)52)55(36-49)63(48)61(45)53/h1-38H. The summed E-state index contributed by atoms with van der Waals surface area (Å²) >= 11 is 0. The molecule has 0 radical (unpaired) electrons. The Kier molecular flexibility index (Phi) is 8.28. The summed E-state index contributed by atoms with van der Waals surface area (Å²) in [6.07, 6.45) is 0. The molecule has 14 aromatic rings. The number of fused-ring (bicyclic) bond motifs is 3. The van der Waals surface area contributed by atoms with E-state index in [0.717, 1.165) is 61.5 Å². The van der Waals surface area contributed by atoms with Crippen molar-refractivity contribution in [1.29, 1.82) is 0 Å². The molecular weight excluding hydrogens is 813 g/mol. The Morgan fingerprint density at radius 3 is 1.40 bits per heavy atom. The third-order valence-corrected chi connectivity index (χ3v) is 13.8. The summed E-state index contributed by atoms with van der Waals surface area (Å²) in [6, 6.07) is 82.9. The van der Waals surface area contributed by atoms with Crippen LogP contribution in [0.15, 0.2) is 235 Å². The quantitative estimate of drug-likeness (QED) is 0.156. The van der Waals surface area contributed by atoms with Crippen LogP contribution in [-0.4, -0.2) is 9.97 Å². The van der Waals surface area contributed by atoms with Gasteiger partial charge in [0.2, 0.25) is 0 Å². The molecule has 0 aliphatic carbocycles. The Morgan fingerprint density at radius 2 is 0.761 bits per heavy atom. The molecule has 0 unspecified atom stereocenters. The molecule has 0 spiro atoms. The molecule has 14 rings (SSSR count). The summed E-state index contributed by atoms with van der Waals surface area (Å²) in [5, 5.41) is 16.5. The number of para-hydroxylation sites is 1. The SMILES string of the molecule is c1ccc(-c2nc(-c3ccc(-c4ccc(-c5cc6ccc7cccc8c9cccc%10ccc%11cccc(c(c5)c6c78)c%11c%109)cc4)cc3)cc(-c3ccccc3-c3cc4ccccc4o3)n2)cc1. The maximum Gasteiger partial charge on any atom is 0.160 e. The fourth-order valence-electron chi connectivity index (χ4n) is 10.6. The molecule has 0 aliphatic rings. The van der Waals surface area contributed by atoms with Crippen molar-refractivity contribution in [3.8, 4) is 67.5 Å². The van der Waals surface area contributed by atoms with Gasteiger partial charge in [0.1, 0.15) is 11.3 Å². The number of hydrogen-bond acceptors (Lipinski definition) is 3. The minimum Gasteiger partial charge on any atom is -0.456 e. The van der Waals surface area contributed by atoms with E-state index in [1.165, 1.54) is 75.8 Å². The lowest BCUT2D eigenvalue weighted by molar-refractivity contribution is 0.632. The fourth-order valence-corrected chi connectivity index (χ4v) is 10.6. The molecule has 0 N–H and O–H groups in total. The average Bonchev–Trinajstić information content (AvgIpc) is 3.84. The lowest BCUT2D eigenvalue weighted by Crippen LogP contribution is -1.97. The minimum absolute atomic E-state index is 0.674. The van der Waals surface area contributed by atoms with Gasteiger partial charge in [-0.3, -0.25) is 0 Å². The van der Waals surface area contributed by atoms with Crippen LogP contribution in [0.4, 0.5) is 0 Å². The van der Waals surface area contributed by atoms with E-state index in [2.05, 4.69) is 188 Å². The minimum atomic E-state index is 0.674. The van der Waals surface area contributed by atoms with E-state index in [1.807, 2.05) is 42.5 Å². The van der Waals surface area contributed by atoms with Crippen LogP contribution in [0.5, 0.6) is 0 Å². The molecule has 0 saturated carbocycles. The van der Waals surface area contributed by atoms with Crippen molar-refractivity contribution in [1.82, 2.24) is 9.97 Å². The highest BCUT2D eigenvalue weighted by molar-refractivity contribution is 6.37. The zero-order chi connectivity index (χ0) is 44.0. The van der Waals surface area contributed by atoms with E-state index in [0.29, 0.717) is 5.82 Å². The Morgan fingerprint density at radius 1 is 0.269 bits per heavy atom. The lowest BCUT2D eigenvalue weighted by Gasteiger charge is -2.17. The van der Waals surface area contributed by atoms with E-state index >= 15 is 0 Å². The second-order valence-electron chi connectivity index (χ2n) is 17.6. The van der Waals surface area contributed by atoms with Crippen molar-refractivity contribution in [3.63, 3.8) is 0 Å². The molecule has 2 heterocycles. The Labute approximate surface area is 386 Å². The molecule has 0 amide bonds. The Balaban J connectivity index is 0.857. The van der Waals surface area contributed by atoms with Gasteiger partial charge in [0, 0.05) is 27.6 Å². The maximum absolute atomic E-state index is 6.37. The van der Waals surface area contributed by atoms with E-state index in [4.69, 9.17) is 14.4 Å². The summed E-state index contributed by atoms with van der Waals surface area (Å²) in [5.41, 5.74) is 11.2. The topological polar surface area (TPSA) is 38.9 Å². The number of nitrogens with zero attached hydrogens (tertiary/aromatic N) is 2. The van der Waals surface area contributed by atoms with Gasteiger partial charge in [0.15, 0.2) is 5.82 Å². The van der Waals surface area contributed by atoms with Gasteiger partial charge in [0.25, 0.3) is 0 Å². The highest BCUT2D eigenvalue weighted by Crippen LogP contribution is 2.45. The number of benzene rings is 11. The van der Waals surface area contributed by atoms with Gasteiger partial charge in [-0.25, -0.2) is 9.97 Å². The predicted molar refractivity (Wildman–Crippen MR) is 281 cm³/mol. The molecule has 0 bridgehead atoms. The van der Waals surface area contributed by atoms with Crippen molar-refractivity contribution in [2.24, 2.45) is 0 Å². The summed E-state index contributed by atoms with van der Waals surface area (Å²) in [7, 11) is 0. The number of aromatic nitrogens is 2. The van der Waals surface area contributed by atoms with Crippen LogP contribution in [0.1, 0.15) is 0 Å². The van der Waals surface area contributed by atoms with E-state index in [-0.39, 0.29) is 0 Å². The molecule has 310 valence electrons. The Hall–Kier alpha value is -8.92. The van der Waals surface area contributed by atoms with Crippen molar-refractivity contribution in [2.45, 2.75) is 0 Å². The second kappa shape index (κ2) is 14.8. The first-order valence-electron chi connectivity index (χ1n) is 22.9. The first-order valence-corrected chi connectivity index (χ1v) is 22.9. The molecule has 0 atom stereocenters. The third-order valence-electron chi connectivity index (χ3n) is 13.8. The van der Waals surface area contributed by atoms with Crippen molar-refractivity contribution < 1.29 is 4.42 Å². The summed E-state index contributed by atoms with van der Waals surface area (Å²) in [6.45, 7) is 0. The molecule has 0 fully saturated rings. The van der Waals surface area contributed by atoms with Crippen LogP contribution < -0.4 is 0 Å². The van der Waals surface area contributed by atoms with Gasteiger partial charge in [-0.05, 0) is 117 Å². The monoisotopic (exact) mass is 850 g/mol. The average molecular weight is 851 g/mol. The van der Waals surface area contributed by atoms with Gasteiger partial charge in [-0.2, -0.15) is 0 Å². The predicted octanol–water partition coefficient (Wildman–Crippen LogP) is 17.6. The van der Waals surface area contributed by atoms with Gasteiger partial charge in [-0.15, -0.1) is 0 Å². The number of hydrogen-bond donors (Lipinski definition) is 0. The van der Waals surface area contributed by atoms with E-state index in [9.17, 15) is 0 Å². The molecule has 2 aromatic heterocycles. The molecular formula is C64H38N2O. The van der Waals surface area contributed by atoms with Crippen LogP contribution in [-0.2, 0) is 0 Å². The molecule has 0 saturated heterocycles. The van der Waals surface area contributed by atoms with Crippen LogP contribution >= 0.6 is 0 Å². The number of furan rings is 1. The third kappa shape index (κ3) is 6.06. The van der Waals surface area contributed by atoms with Crippen LogP contribution in [0.2, 0.25) is 0 Å². The zero-order valence-electron chi connectivity index (χ0n) is 36.2. The van der Waals surface area contributed by atoms with Crippen molar-refractivity contribution in [3.05, 3.63) is 231 Å². The summed E-state index contributed by atoms with van der Waals surface area (Å²) in [5.74, 6) is 1.48. The van der Waals surface area contributed by atoms with Crippen LogP contribution in [0.3, 0.4) is 0 Å². The molecule has 0 aliphatic heterocycles. The lowest BCUT2D eigenvalue weighted by atomic mass is 9.86. The maximum atomic E-state index is 6.37. The molecule has 3 nitrogen and oxygen atoms in total. The second-order valence-corrected chi connectivity index (χ2v) is 17.6. The van der Waals surface area contributed by atoms with Gasteiger partial charge < -0.3 is 4.42 Å².